The summed E-state index contributed by atoms with van der Waals surface area (Å²) in [5.41, 5.74) is 6.62. The predicted molar refractivity (Wildman–Crippen MR) is 84.6 cm³/mol. The standard InChI is InChI=1S/C14H16ClN3OS/c15-8-1-2-11-10(7-8)12(16)13(20-11)14(19)18-9-3-5-17-6-4-9/h1-2,7,9,17H,3-6,16H2,(H,18,19). The molecule has 1 fully saturated rings. The van der Waals surface area contributed by atoms with Crippen LogP contribution in [0.2, 0.25) is 5.02 Å². The molecule has 1 saturated heterocycles. The molecule has 1 aromatic carbocycles. The number of thiophene rings is 1. The van der Waals surface area contributed by atoms with Crippen molar-refractivity contribution in [2.45, 2.75) is 18.9 Å². The number of amides is 1. The van der Waals surface area contributed by atoms with Crippen molar-refractivity contribution in [2.75, 3.05) is 18.8 Å². The van der Waals surface area contributed by atoms with Crippen molar-refractivity contribution in [1.29, 1.82) is 0 Å². The first-order chi connectivity index (χ1) is 9.65. The second-order valence-electron chi connectivity index (χ2n) is 4.98. The number of piperidine rings is 1. The third-order valence-corrected chi connectivity index (χ3v) is 4.99. The van der Waals surface area contributed by atoms with Crippen LogP contribution in [0.25, 0.3) is 10.1 Å². The number of carbonyl (C=O) groups is 1. The van der Waals surface area contributed by atoms with Gasteiger partial charge in [-0.3, -0.25) is 4.79 Å². The van der Waals surface area contributed by atoms with Gasteiger partial charge in [-0.1, -0.05) is 11.6 Å². The summed E-state index contributed by atoms with van der Waals surface area (Å²) in [7, 11) is 0. The van der Waals surface area contributed by atoms with Gasteiger partial charge in [-0.25, -0.2) is 0 Å². The average molecular weight is 310 g/mol. The maximum atomic E-state index is 12.4. The van der Waals surface area contributed by atoms with Crippen LogP contribution in [0.5, 0.6) is 0 Å². The Balaban J connectivity index is 1.85. The summed E-state index contributed by atoms with van der Waals surface area (Å²) in [4.78, 5) is 12.9. The molecule has 4 N–H and O–H groups in total. The van der Waals surface area contributed by atoms with Gasteiger partial charge in [-0.2, -0.15) is 0 Å². The molecule has 106 valence electrons. The lowest BCUT2D eigenvalue weighted by molar-refractivity contribution is 0.0934. The van der Waals surface area contributed by atoms with E-state index in [2.05, 4.69) is 10.6 Å². The first-order valence-electron chi connectivity index (χ1n) is 6.64. The molecule has 1 amide bonds. The third-order valence-electron chi connectivity index (χ3n) is 3.57. The molecule has 1 aromatic heterocycles. The van der Waals surface area contributed by atoms with E-state index in [0.29, 0.717) is 15.6 Å². The highest BCUT2D eigenvalue weighted by molar-refractivity contribution is 7.21. The summed E-state index contributed by atoms with van der Waals surface area (Å²) < 4.78 is 0.988. The lowest BCUT2D eigenvalue weighted by Crippen LogP contribution is -2.42. The van der Waals surface area contributed by atoms with Crippen LogP contribution in [-0.4, -0.2) is 25.0 Å². The Morgan fingerprint density at radius 1 is 1.40 bits per heavy atom. The number of hydrogen-bond acceptors (Lipinski definition) is 4. The predicted octanol–water partition coefficient (Wildman–Crippen LogP) is 2.62. The number of fused-ring (bicyclic) bond motifs is 1. The van der Waals surface area contributed by atoms with Crippen LogP contribution in [0.3, 0.4) is 0 Å². The molecular weight excluding hydrogens is 294 g/mol. The topological polar surface area (TPSA) is 67.2 Å². The summed E-state index contributed by atoms with van der Waals surface area (Å²) in [5.74, 6) is -0.0771. The molecule has 0 unspecified atom stereocenters. The van der Waals surface area contributed by atoms with Crippen molar-refractivity contribution >= 4 is 44.6 Å². The summed E-state index contributed by atoms with van der Waals surface area (Å²) in [6.07, 6.45) is 1.92. The van der Waals surface area contributed by atoms with E-state index < -0.39 is 0 Å². The molecular formula is C14H16ClN3OS. The molecule has 3 rings (SSSR count). The van der Waals surface area contributed by atoms with Crippen LogP contribution >= 0.6 is 22.9 Å². The number of carbonyl (C=O) groups excluding carboxylic acids is 1. The SMILES string of the molecule is Nc1c(C(=O)NC2CCNCC2)sc2ccc(Cl)cc12. The Hall–Kier alpha value is -1.30. The molecule has 20 heavy (non-hydrogen) atoms. The van der Waals surface area contributed by atoms with Crippen LogP contribution < -0.4 is 16.4 Å². The monoisotopic (exact) mass is 309 g/mol. The molecule has 2 heterocycles. The maximum Gasteiger partial charge on any atom is 0.263 e. The molecule has 4 nitrogen and oxygen atoms in total. The number of anilines is 1. The van der Waals surface area contributed by atoms with E-state index in [4.69, 9.17) is 17.3 Å². The minimum Gasteiger partial charge on any atom is -0.397 e. The van der Waals surface area contributed by atoms with E-state index in [1.54, 1.807) is 0 Å². The van der Waals surface area contributed by atoms with E-state index >= 15 is 0 Å². The molecule has 0 atom stereocenters. The van der Waals surface area contributed by atoms with E-state index in [9.17, 15) is 4.79 Å². The van der Waals surface area contributed by atoms with Crippen LogP contribution in [-0.2, 0) is 0 Å². The quantitative estimate of drug-likeness (QED) is 0.799. The normalized spacial score (nSPS) is 16.4. The van der Waals surface area contributed by atoms with E-state index in [0.717, 1.165) is 36.0 Å². The maximum absolute atomic E-state index is 12.4. The van der Waals surface area contributed by atoms with Gasteiger partial charge < -0.3 is 16.4 Å². The van der Waals surface area contributed by atoms with Gasteiger partial charge in [-0.15, -0.1) is 11.3 Å². The smallest absolute Gasteiger partial charge is 0.263 e. The summed E-state index contributed by atoms with van der Waals surface area (Å²) >= 11 is 7.39. The third kappa shape index (κ3) is 2.61. The first-order valence-corrected chi connectivity index (χ1v) is 7.83. The Kier molecular flexibility index (Phi) is 3.83. The van der Waals surface area contributed by atoms with Gasteiger partial charge in [0.2, 0.25) is 0 Å². The van der Waals surface area contributed by atoms with Crippen molar-refractivity contribution in [2.24, 2.45) is 0 Å². The average Bonchev–Trinajstić information content (AvgIpc) is 2.77. The van der Waals surface area contributed by atoms with Gasteiger partial charge in [0.1, 0.15) is 4.88 Å². The van der Waals surface area contributed by atoms with Gasteiger partial charge in [0.15, 0.2) is 0 Å². The Bertz CT molecular complexity index is 649. The fourth-order valence-electron chi connectivity index (χ4n) is 2.47. The largest absolute Gasteiger partial charge is 0.397 e. The molecule has 0 saturated carbocycles. The van der Waals surface area contributed by atoms with Gasteiger partial charge in [0.05, 0.1) is 5.69 Å². The van der Waals surface area contributed by atoms with Gasteiger partial charge in [0, 0.05) is 21.2 Å². The minimum atomic E-state index is -0.0771. The molecule has 0 spiro atoms. The Morgan fingerprint density at radius 3 is 2.90 bits per heavy atom. The minimum absolute atomic E-state index is 0.0771. The van der Waals surface area contributed by atoms with Gasteiger partial charge in [-0.05, 0) is 44.1 Å². The fourth-order valence-corrected chi connectivity index (χ4v) is 3.65. The fraction of sp³-hybridized carbons (Fsp3) is 0.357. The summed E-state index contributed by atoms with van der Waals surface area (Å²) in [6.45, 7) is 1.89. The van der Waals surface area contributed by atoms with Crippen molar-refractivity contribution in [3.63, 3.8) is 0 Å². The van der Waals surface area contributed by atoms with Crippen molar-refractivity contribution in [3.8, 4) is 0 Å². The molecule has 6 heteroatoms. The zero-order valence-corrected chi connectivity index (χ0v) is 12.5. The van der Waals surface area contributed by atoms with E-state index in [1.165, 1.54) is 11.3 Å². The molecule has 2 aromatic rings. The van der Waals surface area contributed by atoms with Crippen LogP contribution in [0.15, 0.2) is 18.2 Å². The number of nitrogens with one attached hydrogen (secondary N) is 2. The highest BCUT2D eigenvalue weighted by Gasteiger charge is 2.20. The van der Waals surface area contributed by atoms with E-state index in [1.807, 2.05) is 18.2 Å². The number of halogens is 1. The number of nitrogens with two attached hydrogens (primary N) is 1. The number of nitrogen functional groups attached to an aromatic ring is 1. The van der Waals surface area contributed by atoms with Crippen LogP contribution in [0.4, 0.5) is 5.69 Å². The summed E-state index contributed by atoms with van der Waals surface area (Å²) in [6, 6.07) is 5.76. The highest BCUT2D eigenvalue weighted by Crippen LogP contribution is 2.35. The molecule has 0 radical (unpaired) electrons. The lowest BCUT2D eigenvalue weighted by atomic mass is 10.1. The van der Waals surface area contributed by atoms with Crippen LogP contribution in [0, 0.1) is 0 Å². The molecule has 0 bridgehead atoms. The Morgan fingerprint density at radius 2 is 2.15 bits per heavy atom. The highest BCUT2D eigenvalue weighted by atomic mass is 35.5. The number of benzene rings is 1. The molecule has 0 aliphatic carbocycles. The van der Waals surface area contributed by atoms with Gasteiger partial charge >= 0.3 is 0 Å². The van der Waals surface area contributed by atoms with Crippen molar-refractivity contribution in [3.05, 3.63) is 28.1 Å². The lowest BCUT2D eigenvalue weighted by Gasteiger charge is -2.23. The number of hydrogen-bond donors (Lipinski definition) is 3. The van der Waals surface area contributed by atoms with Crippen molar-refractivity contribution < 1.29 is 4.79 Å². The Labute approximate surface area is 126 Å². The second kappa shape index (κ2) is 5.60. The molecule has 1 aliphatic rings. The van der Waals surface area contributed by atoms with Crippen LogP contribution in [0.1, 0.15) is 22.5 Å². The summed E-state index contributed by atoms with van der Waals surface area (Å²) in [5, 5.41) is 7.84. The zero-order valence-electron chi connectivity index (χ0n) is 10.9. The van der Waals surface area contributed by atoms with Crippen molar-refractivity contribution in [1.82, 2.24) is 10.6 Å². The van der Waals surface area contributed by atoms with E-state index in [-0.39, 0.29) is 11.9 Å². The first kappa shape index (κ1) is 13.7. The number of rotatable bonds is 2. The zero-order chi connectivity index (χ0) is 14.1. The van der Waals surface area contributed by atoms with Gasteiger partial charge in [0.25, 0.3) is 5.91 Å². The second-order valence-corrected chi connectivity index (χ2v) is 6.47. The molecule has 1 aliphatic heterocycles.